The highest BCUT2D eigenvalue weighted by molar-refractivity contribution is 7.12. The highest BCUT2D eigenvalue weighted by Crippen LogP contribution is 2.24. The standard InChI is InChI=1S/C19H23NOS/c1-15-4-6-16(7-5-15)8-9-17-10-12-20(13-11-17)19(21)18-3-2-14-22-18/h2-7,14,17H,8-13H2,1H3. The summed E-state index contributed by atoms with van der Waals surface area (Å²) in [6.07, 6.45) is 4.68. The molecule has 2 nitrogen and oxygen atoms in total. The third kappa shape index (κ3) is 3.77. The monoisotopic (exact) mass is 313 g/mol. The molecule has 1 amide bonds. The molecule has 0 unspecified atom stereocenters. The number of nitrogens with zero attached hydrogens (tertiary/aromatic N) is 1. The molecule has 2 aromatic rings. The summed E-state index contributed by atoms with van der Waals surface area (Å²) in [6.45, 7) is 3.95. The summed E-state index contributed by atoms with van der Waals surface area (Å²) in [4.78, 5) is 15.2. The van der Waals surface area contributed by atoms with Gasteiger partial charge in [0.25, 0.3) is 5.91 Å². The Bertz CT molecular complexity index is 595. The molecule has 1 fully saturated rings. The Balaban J connectivity index is 1.45. The van der Waals surface area contributed by atoms with Crippen molar-refractivity contribution in [3.8, 4) is 0 Å². The van der Waals surface area contributed by atoms with Gasteiger partial charge in [-0.2, -0.15) is 0 Å². The van der Waals surface area contributed by atoms with Gasteiger partial charge in [0.2, 0.25) is 0 Å². The largest absolute Gasteiger partial charge is 0.338 e. The molecule has 22 heavy (non-hydrogen) atoms. The van der Waals surface area contributed by atoms with Crippen molar-refractivity contribution in [2.45, 2.75) is 32.6 Å². The molecular weight excluding hydrogens is 290 g/mol. The summed E-state index contributed by atoms with van der Waals surface area (Å²) in [7, 11) is 0. The first-order chi connectivity index (χ1) is 10.7. The predicted molar refractivity (Wildman–Crippen MR) is 92.4 cm³/mol. The van der Waals surface area contributed by atoms with Crippen LogP contribution < -0.4 is 0 Å². The van der Waals surface area contributed by atoms with Crippen molar-refractivity contribution in [3.63, 3.8) is 0 Å². The topological polar surface area (TPSA) is 20.3 Å². The van der Waals surface area contributed by atoms with Crippen molar-refractivity contribution in [2.24, 2.45) is 5.92 Å². The van der Waals surface area contributed by atoms with Gasteiger partial charge in [0.05, 0.1) is 4.88 Å². The van der Waals surface area contributed by atoms with E-state index in [1.54, 1.807) is 11.3 Å². The maximum Gasteiger partial charge on any atom is 0.263 e. The summed E-state index contributed by atoms with van der Waals surface area (Å²) < 4.78 is 0. The number of hydrogen-bond acceptors (Lipinski definition) is 2. The number of aryl methyl sites for hydroxylation is 2. The minimum absolute atomic E-state index is 0.215. The fourth-order valence-corrected chi connectivity index (χ4v) is 3.80. The van der Waals surface area contributed by atoms with E-state index in [0.29, 0.717) is 0 Å². The zero-order valence-corrected chi connectivity index (χ0v) is 13.9. The van der Waals surface area contributed by atoms with Crippen molar-refractivity contribution in [1.29, 1.82) is 0 Å². The van der Waals surface area contributed by atoms with Gasteiger partial charge in [-0.1, -0.05) is 35.9 Å². The molecule has 3 heteroatoms. The van der Waals surface area contributed by atoms with E-state index in [0.717, 1.165) is 43.1 Å². The second-order valence-electron chi connectivity index (χ2n) is 6.24. The van der Waals surface area contributed by atoms with Crippen molar-refractivity contribution < 1.29 is 4.79 Å². The van der Waals surface area contributed by atoms with Crippen LogP contribution in [0.15, 0.2) is 41.8 Å². The van der Waals surface area contributed by atoms with E-state index < -0.39 is 0 Å². The number of carbonyl (C=O) groups is 1. The lowest BCUT2D eigenvalue weighted by Gasteiger charge is -2.31. The van der Waals surface area contributed by atoms with Crippen LogP contribution in [0.4, 0.5) is 0 Å². The summed E-state index contributed by atoms with van der Waals surface area (Å²) in [5, 5.41) is 1.97. The highest BCUT2D eigenvalue weighted by Gasteiger charge is 2.23. The predicted octanol–water partition coefficient (Wildman–Crippen LogP) is 4.54. The molecule has 1 saturated heterocycles. The second kappa shape index (κ2) is 7.10. The maximum absolute atomic E-state index is 12.3. The van der Waals surface area contributed by atoms with Gasteiger partial charge in [-0.25, -0.2) is 0 Å². The average Bonchev–Trinajstić information content (AvgIpc) is 3.09. The molecule has 0 radical (unpaired) electrons. The smallest absolute Gasteiger partial charge is 0.263 e. The first-order valence-corrected chi connectivity index (χ1v) is 8.98. The number of rotatable bonds is 4. The van der Waals surface area contributed by atoms with Crippen molar-refractivity contribution >= 4 is 17.2 Å². The molecule has 0 bridgehead atoms. The first-order valence-electron chi connectivity index (χ1n) is 8.11. The maximum atomic E-state index is 12.3. The Morgan fingerprint density at radius 3 is 2.55 bits per heavy atom. The van der Waals surface area contributed by atoms with Crippen LogP contribution in [-0.2, 0) is 6.42 Å². The number of piperidine rings is 1. The van der Waals surface area contributed by atoms with Crippen molar-refractivity contribution in [1.82, 2.24) is 4.90 Å². The minimum atomic E-state index is 0.215. The van der Waals surface area contributed by atoms with Gasteiger partial charge in [-0.15, -0.1) is 11.3 Å². The quantitative estimate of drug-likeness (QED) is 0.811. The SMILES string of the molecule is Cc1ccc(CCC2CCN(C(=O)c3cccs3)CC2)cc1. The number of benzene rings is 1. The van der Waals surface area contributed by atoms with Gasteiger partial charge in [0.1, 0.15) is 0 Å². The molecule has 1 aliphatic rings. The molecule has 0 aliphatic carbocycles. The lowest BCUT2D eigenvalue weighted by Crippen LogP contribution is -2.38. The fourth-order valence-electron chi connectivity index (χ4n) is 3.11. The lowest BCUT2D eigenvalue weighted by molar-refractivity contribution is 0.0692. The van der Waals surface area contributed by atoms with Crippen LogP contribution in [0.25, 0.3) is 0 Å². The first kappa shape index (κ1) is 15.3. The minimum Gasteiger partial charge on any atom is -0.338 e. The second-order valence-corrected chi connectivity index (χ2v) is 7.18. The number of carbonyl (C=O) groups excluding carboxylic acids is 1. The molecule has 3 rings (SSSR count). The van der Waals surface area contributed by atoms with Crippen LogP contribution in [0.2, 0.25) is 0 Å². The third-order valence-electron chi connectivity index (χ3n) is 4.60. The molecule has 2 heterocycles. The van der Waals surface area contributed by atoms with Crippen molar-refractivity contribution in [2.75, 3.05) is 13.1 Å². The Morgan fingerprint density at radius 2 is 1.91 bits per heavy atom. The molecule has 1 aromatic carbocycles. The van der Waals surface area contributed by atoms with E-state index in [9.17, 15) is 4.79 Å². The van der Waals surface area contributed by atoms with E-state index >= 15 is 0 Å². The Morgan fingerprint density at radius 1 is 1.18 bits per heavy atom. The summed E-state index contributed by atoms with van der Waals surface area (Å²) in [6, 6.07) is 12.7. The number of amides is 1. The highest BCUT2D eigenvalue weighted by atomic mass is 32.1. The number of hydrogen-bond donors (Lipinski definition) is 0. The van der Waals surface area contributed by atoms with Crippen LogP contribution in [0, 0.1) is 12.8 Å². The molecule has 0 N–H and O–H groups in total. The van der Waals surface area contributed by atoms with E-state index in [4.69, 9.17) is 0 Å². The van der Waals surface area contributed by atoms with E-state index in [1.165, 1.54) is 17.5 Å². The van der Waals surface area contributed by atoms with Crippen LogP contribution >= 0.6 is 11.3 Å². The van der Waals surface area contributed by atoms with E-state index in [-0.39, 0.29) is 5.91 Å². The van der Waals surface area contributed by atoms with Gasteiger partial charge < -0.3 is 4.90 Å². The Labute approximate surface area is 136 Å². The molecule has 1 aromatic heterocycles. The molecule has 0 atom stereocenters. The van der Waals surface area contributed by atoms with Crippen molar-refractivity contribution in [3.05, 3.63) is 57.8 Å². The molecule has 1 aliphatic heterocycles. The Hall–Kier alpha value is -1.61. The van der Waals surface area contributed by atoms with Crippen LogP contribution in [0.3, 0.4) is 0 Å². The summed E-state index contributed by atoms with van der Waals surface area (Å²) >= 11 is 1.54. The van der Waals surface area contributed by atoms with Crippen LogP contribution in [-0.4, -0.2) is 23.9 Å². The zero-order valence-electron chi connectivity index (χ0n) is 13.1. The van der Waals surface area contributed by atoms with E-state index in [1.807, 2.05) is 22.4 Å². The Kier molecular flexibility index (Phi) is 4.94. The van der Waals surface area contributed by atoms with Gasteiger partial charge >= 0.3 is 0 Å². The average molecular weight is 313 g/mol. The summed E-state index contributed by atoms with van der Waals surface area (Å²) in [5.41, 5.74) is 2.76. The number of likely N-dealkylation sites (tertiary alicyclic amines) is 1. The van der Waals surface area contributed by atoms with Gasteiger partial charge in [-0.05, 0) is 55.5 Å². The number of thiophene rings is 1. The van der Waals surface area contributed by atoms with Crippen LogP contribution in [0.5, 0.6) is 0 Å². The fraction of sp³-hybridized carbons (Fsp3) is 0.421. The third-order valence-corrected chi connectivity index (χ3v) is 5.45. The molecular formula is C19H23NOS. The summed E-state index contributed by atoms with van der Waals surface area (Å²) in [5.74, 6) is 0.973. The normalized spacial score (nSPS) is 16.0. The molecule has 116 valence electrons. The lowest BCUT2D eigenvalue weighted by atomic mass is 9.90. The van der Waals surface area contributed by atoms with Gasteiger partial charge in [-0.3, -0.25) is 4.79 Å². The van der Waals surface area contributed by atoms with Gasteiger partial charge in [0, 0.05) is 13.1 Å². The zero-order chi connectivity index (χ0) is 15.4. The molecule has 0 spiro atoms. The van der Waals surface area contributed by atoms with Crippen LogP contribution in [0.1, 0.15) is 40.1 Å². The van der Waals surface area contributed by atoms with E-state index in [2.05, 4.69) is 31.2 Å². The molecule has 0 saturated carbocycles. The van der Waals surface area contributed by atoms with Gasteiger partial charge in [0.15, 0.2) is 0 Å².